The molecule has 0 nitrogen and oxygen atoms in total. The third kappa shape index (κ3) is 8.66. The lowest BCUT2D eigenvalue weighted by Gasteiger charge is -2.13. The zero-order valence-electron chi connectivity index (χ0n) is 6.92. The van der Waals surface area contributed by atoms with E-state index >= 15 is 0 Å². The van der Waals surface area contributed by atoms with Gasteiger partial charge in [-0.2, -0.15) is 12.6 Å². The summed E-state index contributed by atoms with van der Waals surface area (Å²) in [5, 5.41) is 3.85. The molecule has 0 aromatic rings. The van der Waals surface area contributed by atoms with Gasteiger partial charge in [-0.25, -0.2) is 0 Å². The van der Waals surface area contributed by atoms with Crippen molar-refractivity contribution in [3.63, 3.8) is 0 Å². The van der Waals surface area contributed by atoms with E-state index in [0.29, 0.717) is 0 Å². The van der Waals surface area contributed by atoms with E-state index < -0.39 is 8.07 Å². The minimum Gasteiger partial charge on any atom is -0.151 e. The van der Waals surface area contributed by atoms with Gasteiger partial charge in [0.1, 0.15) is 0 Å². The predicted molar refractivity (Wildman–Crippen MR) is 58.7 cm³/mol. The molecule has 0 fully saturated rings. The van der Waals surface area contributed by atoms with Crippen LogP contribution < -0.4 is 0 Å². The summed E-state index contributed by atoms with van der Waals surface area (Å²) in [6, 6.07) is 1.40. The van der Waals surface area contributed by atoms with E-state index in [-0.39, 0.29) is 0 Å². The van der Waals surface area contributed by atoms with Crippen LogP contribution in [0.5, 0.6) is 0 Å². The van der Waals surface area contributed by atoms with Crippen LogP contribution in [0.4, 0.5) is 0 Å². The van der Waals surface area contributed by atoms with Gasteiger partial charge in [0.15, 0.2) is 0 Å². The van der Waals surface area contributed by atoms with Crippen LogP contribution in [0.1, 0.15) is 0 Å². The summed E-state index contributed by atoms with van der Waals surface area (Å²) in [5.74, 6) is 1.26. The summed E-state index contributed by atoms with van der Waals surface area (Å²) < 4.78 is 0. The Kier molecular flexibility index (Phi) is 5.68. The van der Waals surface area contributed by atoms with Gasteiger partial charge in [0.25, 0.3) is 0 Å². The molecule has 0 rings (SSSR count). The normalized spacial score (nSPS) is 12.8. The maximum Gasteiger partial charge on any atom is 0.0450 e. The number of thioether (sulfide) groups is 1. The van der Waals surface area contributed by atoms with Crippen LogP contribution in [-0.2, 0) is 0 Å². The molecule has 0 aliphatic carbocycles. The number of rotatable bonds is 4. The van der Waals surface area contributed by atoms with Crippen molar-refractivity contribution in [2.24, 2.45) is 0 Å². The smallest absolute Gasteiger partial charge is 0.0450 e. The minimum atomic E-state index is -0.787. The molecule has 0 aliphatic heterocycles. The van der Waals surface area contributed by atoms with Crippen molar-refractivity contribution in [2.45, 2.75) is 25.7 Å². The van der Waals surface area contributed by atoms with Gasteiger partial charge >= 0.3 is 0 Å². The number of thiol groups is 1. The zero-order chi connectivity index (χ0) is 8.04. The Balaban J connectivity index is 3.20. The Morgan fingerprint density at radius 2 is 2.00 bits per heavy atom. The highest BCUT2D eigenvalue weighted by Gasteiger charge is 2.10. The Bertz CT molecular complexity index is 105. The molecule has 0 amide bonds. The molecule has 60 valence electrons. The van der Waals surface area contributed by atoms with Gasteiger partial charge in [0.2, 0.25) is 0 Å². The first kappa shape index (κ1) is 10.7. The Morgan fingerprint density at radius 1 is 1.40 bits per heavy atom. The first-order valence-electron chi connectivity index (χ1n) is 3.47. The quantitative estimate of drug-likeness (QED) is 0.404. The summed E-state index contributed by atoms with van der Waals surface area (Å²) in [6.45, 7) is 7.20. The van der Waals surface area contributed by atoms with E-state index in [0.717, 1.165) is 0 Å². The fraction of sp³-hybridized carbons (Fsp3) is 0.714. The summed E-state index contributed by atoms with van der Waals surface area (Å²) in [6.07, 6.45) is 0. The maximum atomic E-state index is 3.98. The van der Waals surface area contributed by atoms with E-state index in [2.05, 4.69) is 32.3 Å². The van der Waals surface area contributed by atoms with Gasteiger partial charge in [0.05, 0.1) is 0 Å². The molecule has 0 aromatic carbocycles. The van der Waals surface area contributed by atoms with Gasteiger partial charge < -0.3 is 0 Å². The molecule has 0 heterocycles. The molecule has 0 N–H and O–H groups in total. The van der Waals surface area contributed by atoms with Crippen molar-refractivity contribution in [3.05, 3.63) is 10.8 Å². The van der Waals surface area contributed by atoms with Crippen molar-refractivity contribution in [3.8, 4) is 0 Å². The summed E-state index contributed by atoms with van der Waals surface area (Å²) in [7, 11) is -0.787. The summed E-state index contributed by atoms with van der Waals surface area (Å²) in [4.78, 5) is 0. The van der Waals surface area contributed by atoms with E-state index in [1.165, 1.54) is 11.8 Å². The second-order valence-electron chi connectivity index (χ2n) is 3.47. The zero-order valence-corrected chi connectivity index (χ0v) is 9.64. The van der Waals surface area contributed by atoms with Crippen LogP contribution in [0.25, 0.3) is 0 Å². The van der Waals surface area contributed by atoms with E-state index in [9.17, 15) is 0 Å². The first-order valence-corrected chi connectivity index (χ1v) is 8.74. The van der Waals surface area contributed by atoms with Crippen LogP contribution in [0.15, 0.2) is 10.8 Å². The van der Waals surface area contributed by atoms with Gasteiger partial charge in [0, 0.05) is 8.07 Å². The summed E-state index contributed by atoms with van der Waals surface area (Å²) in [5.41, 5.74) is 0. The minimum absolute atomic E-state index is 0.787. The molecule has 0 radical (unpaired) electrons. The first-order chi connectivity index (χ1) is 4.56. The molecule has 0 spiro atoms. The molecule has 10 heavy (non-hydrogen) atoms. The number of hydrogen-bond acceptors (Lipinski definition) is 2. The van der Waals surface area contributed by atoms with E-state index in [4.69, 9.17) is 0 Å². The van der Waals surface area contributed by atoms with E-state index in [1.54, 1.807) is 5.41 Å². The average molecular weight is 192 g/mol. The van der Waals surface area contributed by atoms with Crippen LogP contribution in [0.2, 0.25) is 25.7 Å². The third-order valence-corrected chi connectivity index (χ3v) is 4.36. The Hall–Kier alpha value is 0.657. The van der Waals surface area contributed by atoms with Gasteiger partial charge in [-0.3, -0.25) is 0 Å². The molecule has 3 heteroatoms. The molecule has 0 aromatic heterocycles. The van der Waals surface area contributed by atoms with Crippen LogP contribution in [0.3, 0.4) is 0 Å². The molecular weight excluding hydrogens is 176 g/mol. The van der Waals surface area contributed by atoms with Crippen molar-refractivity contribution in [2.75, 3.05) is 5.75 Å². The molecular formula is C7H16S2Si. The van der Waals surface area contributed by atoms with Crippen molar-refractivity contribution >= 4 is 32.5 Å². The fourth-order valence-corrected chi connectivity index (χ4v) is 3.88. The highest BCUT2D eigenvalue weighted by molar-refractivity contribution is 8.02. The number of hydrogen-bond donors (Lipinski definition) is 1. The largest absolute Gasteiger partial charge is 0.151 e. The highest BCUT2D eigenvalue weighted by Crippen LogP contribution is 2.14. The second kappa shape index (κ2) is 5.33. The molecule has 0 saturated carbocycles. The lowest BCUT2D eigenvalue weighted by molar-refractivity contribution is 1.38. The Morgan fingerprint density at radius 3 is 2.40 bits per heavy atom. The fourth-order valence-electron chi connectivity index (χ4n) is 0.476. The second-order valence-corrected chi connectivity index (χ2v) is 10.4. The Labute approximate surface area is 74.9 Å². The van der Waals surface area contributed by atoms with Crippen LogP contribution in [-0.4, -0.2) is 13.8 Å². The van der Waals surface area contributed by atoms with Crippen molar-refractivity contribution < 1.29 is 0 Å². The highest BCUT2D eigenvalue weighted by atomic mass is 32.2. The molecule has 0 atom stereocenters. The monoisotopic (exact) mass is 192 g/mol. The lowest BCUT2D eigenvalue weighted by Crippen LogP contribution is -2.19. The van der Waals surface area contributed by atoms with Gasteiger partial charge in [-0.15, -0.1) is 11.8 Å². The summed E-state index contributed by atoms with van der Waals surface area (Å²) >= 11 is 5.83. The topological polar surface area (TPSA) is 0 Å². The van der Waals surface area contributed by atoms with Crippen LogP contribution >= 0.6 is 24.4 Å². The van der Waals surface area contributed by atoms with Crippen molar-refractivity contribution in [1.82, 2.24) is 0 Å². The lowest BCUT2D eigenvalue weighted by atomic mass is 11.0. The van der Waals surface area contributed by atoms with Gasteiger partial charge in [-0.1, -0.05) is 19.6 Å². The molecule has 0 bridgehead atoms. The maximum absolute atomic E-state index is 3.98. The molecule has 0 saturated heterocycles. The standard InChI is InChI=1S/C7H16S2Si/c1-10(2,3)7-6-9-5-4-8/h4-5,8H,6-7H2,1-3H3/b5-4-. The van der Waals surface area contributed by atoms with Crippen molar-refractivity contribution in [1.29, 1.82) is 0 Å². The third-order valence-electron chi connectivity index (χ3n) is 1.13. The predicted octanol–water partition coefficient (Wildman–Crippen LogP) is 3.46. The van der Waals surface area contributed by atoms with E-state index in [1.807, 2.05) is 17.2 Å². The molecule has 0 unspecified atom stereocenters. The average Bonchev–Trinajstić information content (AvgIpc) is 1.78. The SMILES string of the molecule is C[Si](C)(C)CCS/C=C\S. The van der Waals surface area contributed by atoms with Gasteiger partial charge in [-0.05, 0) is 22.6 Å². The van der Waals surface area contributed by atoms with Crippen LogP contribution in [0, 0.1) is 0 Å². The molecule has 0 aliphatic rings.